The second kappa shape index (κ2) is 6.71. The summed E-state index contributed by atoms with van der Waals surface area (Å²) in [5.74, 6) is -0.168. The van der Waals surface area contributed by atoms with Crippen LogP contribution >= 0.6 is 0 Å². The average molecular weight is 298 g/mol. The zero-order valence-corrected chi connectivity index (χ0v) is 12.4. The van der Waals surface area contributed by atoms with Crippen LogP contribution in [0.4, 0.5) is 10.1 Å². The monoisotopic (exact) mass is 298 g/mol. The van der Waals surface area contributed by atoms with E-state index in [1.54, 1.807) is 12.1 Å². The van der Waals surface area contributed by atoms with Crippen molar-refractivity contribution in [3.8, 4) is 0 Å². The number of halogens is 1. The van der Waals surface area contributed by atoms with Crippen LogP contribution < -0.4 is 10.2 Å². The van der Waals surface area contributed by atoms with E-state index in [1.807, 2.05) is 23.1 Å². The molecule has 1 aliphatic rings. The van der Waals surface area contributed by atoms with E-state index >= 15 is 0 Å². The van der Waals surface area contributed by atoms with Crippen LogP contribution in [-0.4, -0.2) is 19.0 Å². The summed E-state index contributed by atoms with van der Waals surface area (Å²) >= 11 is 0. The van der Waals surface area contributed by atoms with Crippen molar-refractivity contribution in [2.24, 2.45) is 0 Å². The summed E-state index contributed by atoms with van der Waals surface area (Å²) in [6.45, 7) is 1.61. The lowest BCUT2D eigenvalue weighted by atomic mass is 10.0. The largest absolute Gasteiger partial charge is 0.311 e. The van der Waals surface area contributed by atoms with Crippen molar-refractivity contribution >= 4 is 11.6 Å². The highest BCUT2D eigenvalue weighted by molar-refractivity contribution is 5.95. The van der Waals surface area contributed by atoms with E-state index in [9.17, 15) is 9.18 Å². The van der Waals surface area contributed by atoms with Gasteiger partial charge >= 0.3 is 0 Å². The van der Waals surface area contributed by atoms with Gasteiger partial charge in [-0.1, -0.05) is 30.3 Å². The standard InChI is InChI=1S/C18H19FN2O/c19-16-9-7-14(8-10-16)12-20-13-18(22)21-11-3-5-15-4-1-2-6-17(15)21/h1-2,4,6-10,20H,3,5,11-13H2. The molecule has 1 aliphatic heterocycles. The summed E-state index contributed by atoms with van der Waals surface area (Å²) in [5, 5.41) is 3.14. The molecule has 0 bridgehead atoms. The molecular weight excluding hydrogens is 279 g/mol. The number of hydrogen-bond acceptors (Lipinski definition) is 2. The first-order valence-electron chi connectivity index (χ1n) is 7.57. The van der Waals surface area contributed by atoms with Gasteiger partial charge < -0.3 is 10.2 Å². The Bertz CT molecular complexity index is 654. The second-order valence-corrected chi connectivity index (χ2v) is 5.51. The van der Waals surface area contributed by atoms with Crippen molar-refractivity contribution in [3.05, 3.63) is 65.5 Å². The molecule has 2 aromatic carbocycles. The van der Waals surface area contributed by atoms with E-state index in [0.717, 1.165) is 30.6 Å². The van der Waals surface area contributed by atoms with Crippen molar-refractivity contribution < 1.29 is 9.18 Å². The molecule has 1 amide bonds. The number of carbonyl (C=O) groups is 1. The summed E-state index contributed by atoms with van der Waals surface area (Å²) in [4.78, 5) is 14.3. The highest BCUT2D eigenvalue weighted by atomic mass is 19.1. The maximum atomic E-state index is 12.8. The molecule has 4 heteroatoms. The summed E-state index contributed by atoms with van der Waals surface area (Å²) in [5.41, 5.74) is 3.23. The number of amides is 1. The van der Waals surface area contributed by atoms with Gasteiger partial charge in [0.25, 0.3) is 0 Å². The summed E-state index contributed by atoms with van der Waals surface area (Å²) in [6, 6.07) is 14.4. The Morgan fingerprint density at radius 1 is 1.14 bits per heavy atom. The Balaban J connectivity index is 1.58. The number of aryl methyl sites for hydroxylation is 1. The molecule has 0 saturated carbocycles. The van der Waals surface area contributed by atoms with Crippen LogP contribution in [-0.2, 0) is 17.8 Å². The smallest absolute Gasteiger partial charge is 0.240 e. The van der Waals surface area contributed by atoms with Crippen LogP contribution in [0, 0.1) is 5.82 Å². The molecule has 0 unspecified atom stereocenters. The van der Waals surface area contributed by atoms with Gasteiger partial charge in [-0.15, -0.1) is 0 Å². The molecule has 3 rings (SSSR count). The maximum Gasteiger partial charge on any atom is 0.240 e. The van der Waals surface area contributed by atoms with E-state index in [2.05, 4.69) is 11.4 Å². The van der Waals surface area contributed by atoms with Crippen LogP contribution in [0.2, 0.25) is 0 Å². The number of nitrogens with zero attached hydrogens (tertiary/aromatic N) is 1. The maximum absolute atomic E-state index is 12.8. The molecular formula is C18H19FN2O. The van der Waals surface area contributed by atoms with E-state index in [1.165, 1.54) is 17.7 Å². The summed E-state index contributed by atoms with van der Waals surface area (Å²) < 4.78 is 12.8. The molecule has 0 spiro atoms. The number of fused-ring (bicyclic) bond motifs is 1. The first-order valence-corrected chi connectivity index (χ1v) is 7.57. The SMILES string of the molecule is O=C(CNCc1ccc(F)cc1)N1CCCc2ccccc21. The fourth-order valence-electron chi connectivity index (χ4n) is 2.80. The number of hydrogen-bond donors (Lipinski definition) is 1. The minimum absolute atomic E-state index is 0.0780. The molecule has 0 saturated heterocycles. The molecule has 2 aromatic rings. The van der Waals surface area contributed by atoms with Gasteiger partial charge in [0.1, 0.15) is 5.82 Å². The topological polar surface area (TPSA) is 32.3 Å². The minimum Gasteiger partial charge on any atom is -0.311 e. The van der Waals surface area contributed by atoms with Gasteiger partial charge in [0.2, 0.25) is 5.91 Å². The summed E-state index contributed by atoms with van der Waals surface area (Å²) in [6.07, 6.45) is 2.03. The molecule has 1 heterocycles. The predicted molar refractivity (Wildman–Crippen MR) is 85.2 cm³/mol. The number of carbonyl (C=O) groups excluding carboxylic acids is 1. The van der Waals surface area contributed by atoms with Gasteiger partial charge in [-0.2, -0.15) is 0 Å². The minimum atomic E-state index is -0.246. The number of benzene rings is 2. The molecule has 0 atom stereocenters. The highest BCUT2D eigenvalue weighted by Gasteiger charge is 2.21. The normalized spacial score (nSPS) is 13.8. The Morgan fingerprint density at radius 2 is 1.91 bits per heavy atom. The Hall–Kier alpha value is -2.20. The Kier molecular flexibility index (Phi) is 4.49. The lowest BCUT2D eigenvalue weighted by molar-refractivity contribution is -0.117. The molecule has 3 nitrogen and oxygen atoms in total. The molecule has 1 N–H and O–H groups in total. The Labute approximate surface area is 129 Å². The number of nitrogens with one attached hydrogen (secondary N) is 1. The molecule has 0 fully saturated rings. The predicted octanol–water partition coefficient (Wildman–Crippen LogP) is 2.89. The van der Waals surface area contributed by atoms with Crippen LogP contribution in [0.15, 0.2) is 48.5 Å². The third-order valence-corrected chi connectivity index (χ3v) is 3.93. The van der Waals surface area contributed by atoms with E-state index in [-0.39, 0.29) is 18.3 Å². The lowest BCUT2D eigenvalue weighted by Gasteiger charge is -2.29. The van der Waals surface area contributed by atoms with Crippen molar-refractivity contribution in [2.45, 2.75) is 19.4 Å². The zero-order valence-electron chi connectivity index (χ0n) is 12.4. The van der Waals surface area contributed by atoms with E-state index in [4.69, 9.17) is 0 Å². The van der Waals surface area contributed by atoms with Crippen molar-refractivity contribution in [3.63, 3.8) is 0 Å². The van der Waals surface area contributed by atoms with Crippen molar-refractivity contribution in [1.82, 2.24) is 5.32 Å². The molecule has 0 aliphatic carbocycles. The van der Waals surface area contributed by atoms with Crippen molar-refractivity contribution in [2.75, 3.05) is 18.0 Å². The number of para-hydroxylation sites is 1. The third kappa shape index (κ3) is 3.34. The van der Waals surface area contributed by atoms with Gasteiger partial charge in [-0.3, -0.25) is 4.79 Å². The summed E-state index contributed by atoms with van der Waals surface area (Å²) in [7, 11) is 0. The number of anilines is 1. The fraction of sp³-hybridized carbons (Fsp3) is 0.278. The molecule has 0 aromatic heterocycles. The Morgan fingerprint density at radius 3 is 2.73 bits per heavy atom. The highest BCUT2D eigenvalue weighted by Crippen LogP contribution is 2.26. The van der Waals surface area contributed by atoms with Gasteiger partial charge in [0.05, 0.1) is 6.54 Å². The lowest BCUT2D eigenvalue weighted by Crippen LogP contribution is -2.41. The average Bonchev–Trinajstić information content (AvgIpc) is 2.56. The third-order valence-electron chi connectivity index (χ3n) is 3.93. The number of rotatable bonds is 4. The molecule has 0 radical (unpaired) electrons. The zero-order chi connectivity index (χ0) is 15.4. The molecule has 22 heavy (non-hydrogen) atoms. The van der Waals surface area contributed by atoms with Gasteiger partial charge in [-0.05, 0) is 42.2 Å². The quantitative estimate of drug-likeness (QED) is 0.941. The van der Waals surface area contributed by atoms with Crippen LogP contribution in [0.1, 0.15) is 17.5 Å². The van der Waals surface area contributed by atoms with Gasteiger partial charge in [0.15, 0.2) is 0 Å². The van der Waals surface area contributed by atoms with Crippen LogP contribution in [0.5, 0.6) is 0 Å². The van der Waals surface area contributed by atoms with Crippen LogP contribution in [0.25, 0.3) is 0 Å². The van der Waals surface area contributed by atoms with Gasteiger partial charge in [-0.25, -0.2) is 4.39 Å². The van der Waals surface area contributed by atoms with Crippen LogP contribution in [0.3, 0.4) is 0 Å². The first-order chi connectivity index (χ1) is 10.7. The van der Waals surface area contributed by atoms with Gasteiger partial charge in [0, 0.05) is 18.8 Å². The first kappa shape index (κ1) is 14.7. The molecule has 114 valence electrons. The van der Waals surface area contributed by atoms with E-state index in [0.29, 0.717) is 6.54 Å². The van der Waals surface area contributed by atoms with E-state index < -0.39 is 0 Å². The second-order valence-electron chi connectivity index (χ2n) is 5.51. The van der Waals surface area contributed by atoms with Crippen molar-refractivity contribution in [1.29, 1.82) is 0 Å². The fourth-order valence-corrected chi connectivity index (χ4v) is 2.80.